The molecule has 0 spiro atoms. The smallest absolute Gasteiger partial charge is 0.251 e. The Hall–Kier alpha value is -1.60. The number of hydrogen-bond acceptors (Lipinski definition) is 3. The lowest BCUT2D eigenvalue weighted by molar-refractivity contribution is 0.0940. The molecule has 2 aromatic carbocycles. The summed E-state index contributed by atoms with van der Waals surface area (Å²) in [6.45, 7) is 1.83. The molecule has 0 heterocycles. The first-order valence-electron chi connectivity index (χ1n) is 8.14. The van der Waals surface area contributed by atoms with E-state index in [9.17, 15) is 13.2 Å². The summed E-state index contributed by atoms with van der Waals surface area (Å²) in [5.74, 6) is -0.303. The van der Waals surface area contributed by atoms with E-state index in [1.165, 1.54) is 24.3 Å². The first-order valence-corrected chi connectivity index (χ1v) is 10.4. The molecule has 1 atom stereocenters. The van der Waals surface area contributed by atoms with E-state index in [1.54, 1.807) is 18.2 Å². The normalized spacial score (nSPS) is 15.5. The van der Waals surface area contributed by atoms with Crippen molar-refractivity contribution < 1.29 is 13.2 Å². The lowest BCUT2D eigenvalue weighted by Crippen LogP contribution is -2.27. The number of carbonyl (C=O) groups excluding carboxylic acids is 1. The molecule has 1 fully saturated rings. The zero-order chi connectivity index (χ0) is 18.9. The van der Waals surface area contributed by atoms with E-state index in [1.807, 2.05) is 6.92 Å². The molecule has 0 saturated heterocycles. The summed E-state index contributed by atoms with van der Waals surface area (Å²) in [6, 6.07) is 10.8. The van der Waals surface area contributed by atoms with Gasteiger partial charge < -0.3 is 5.32 Å². The summed E-state index contributed by atoms with van der Waals surface area (Å²) < 4.78 is 26.9. The van der Waals surface area contributed by atoms with Crippen LogP contribution in [0.1, 0.15) is 41.7 Å². The lowest BCUT2D eigenvalue weighted by Gasteiger charge is -2.15. The minimum absolute atomic E-state index is 0.0371. The molecule has 2 aromatic rings. The maximum absolute atomic E-state index is 12.4. The number of benzene rings is 2. The Morgan fingerprint density at radius 3 is 2.31 bits per heavy atom. The SMILES string of the molecule is CC(NC(=O)c1ccc(S(=O)(=O)NC2CC2)cc1)c1ccc(Cl)c(Cl)c1. The third-order valence-corrected chi connectivity index (χ3v) is 6.39. The number of hydrogen-bond donors (Lipinski definition) is 2. The fraction of sp³-hybridized carbons (Fsp3) is 0.278. The van der Waals surface area contributed by atoms with Gasteiger partial charge in [0, 0.05) is 11.6 Å². The van der Waals surface area contributed by atoms with Crippen LogP contribution in [0, 0.1) is 0 Å². The van der Waals surface area contributed by atoms with Crippen molar-refractivity contribution in [3.05, 3.63) is 63.6 Å². The van der Waals surface area contributed by atoms with Crippen LogP contribution in [-0.2, 0) is 10.0 Å². The van der Waals surface area contributed by atoms with E-state index in [0.717, 1.165) is 18.4 Å². The molecule has 3 rings (SSSR count). The predicted molar refractivity (Wildman–Crippen MR) is 102 cm³/mol. The third kappa shape index (κ3) is 4.57. The maximum atomic E-state index is 12.4. The van der Waals surface area contributed by atoms with Gasteiger partial charge in [0.25, 0.3) is 5.91 Å². The highest BCUT2D eigenvalue weighted by Gasteiger charge is 2.28. The van der Waals surface area contributed by atoms with Crippen LogP contribution in [0.15, 0.2) is 47.4 Å². The molecule has 5 nitrogen and oxygen atoms in total. The van der Waals surface area contributed by atoms with Crippen LogP contribution in [0.4, 0.5) is 0 Å². The Bertz CT molecular complexity index is 926. The number of carbonyl (C=O) groups is 1. The summed E-state index contributed by atoms with van der Waals surface area (Å²) in [4.78, 5) is 12.5. The van der Waals surface area contributed by atoms with Gasteiger partial charge in [0.1, 0.15) is 0 Å². The van der Waals surface area contributed by atoms with Crippen molar-refractivity contribution in [1.82, 2.24) is 10.0 Å². The number of nitrogens with one attached hydrogen (secondary N) is 2. The molecule has 2 N–H and O–H groups in total. The van der Waals surface area contributed by atoms with Gasteiger partial charge in [-0.25, -0.2) is 13.1 Å². The zero-order valence-corrected chi connectivity index (χ0v) is 16.3. The number of halogens is 2. The van der Waals surface area contributed by atoms with Crippen molar-refractivity contribution in [3.63, 3.8) is 0 Å². The van der Waals surface area contributed by atoms with Crippen LogP contribution >= 0.6 is 23.2 Å². The summed E-state index contributed by atoms with van der Waals surface area (Å²) in [7, 11) is -3.52. The second-order valence-electron chi connectivity index (χ2n) is 6.29. The molecule has 1 aliphatic rings. The highest BCUT2D eigenvalue weighted by atomic mass is 35.5. The van der Waals surface area contributed by atoms with E-state index in [4.69, 9.17) is 23.2 Å². The van der Waals surface area contributed by atoms with Crippen LogP contribution in [0.3, 0.4) is 0 Å². The quantitative estimate of drug-likeness (QED) is 0.754. The monoisotopic (exact) mass is 412 g/mol. The van der Waals surface area contributed by atoms with Crippen LogP contribution in [0.25, 0.3) is 0 Å². The van der Waals surface area contributed by atoms with Crippen LogP contribution in [-0.4, -0.2) is 20.4 Å². The fourth-order valence-corrected chi connectivity index (χ4v) is 4.03. The maximum Gasteiger partial charge on any atom is 0.251 e. The Kier molecular flexibility index (Phi) is 5.58. The highest BCUT2D eigenvalue weighted by Crippen LogP contribution is 2.26. The molecule has 8 heteroatoms. The second-order valence-corrected chi connectivity index (χ2v) is 8.82. The van der Waals surface area contributed by atoms with Gasteiger partial charge in [-0.3, -0.25) is 4.79 Å². The van der Waals surface area contributed by atoms with Crippen molar-refractivity contribution in [1.29, 1.82) is 0 Å². The second kappa shape index (κ2) is 7.56. The molecule has 1 saturated carbocycles. The number of amides is 1. The van der Waals surface area contributed by atoms with Gasteiger partial charge in [-0.05, 0) is 61.7 Å². The summed E-state index contributed by atoms with van der Waals surface area (Å²) in [5.41, 5.74) is 1.20. The minimum atomic E-state index is -3.52. The molecule has 0 radical (unpaired) electrons. The van der Waals surface area contributed by atoms with Crippen molar-refractivity contribution in [2.75, 3.05) is 0 Å². The Morgan fingerprint density at radius 1 is 1.08 bits per heavy atom. The largest absolute Gasteiger partial charge is 0.346 e. The highest BCUT2D eigenvalue weighted by molar-refractivity contribution is 7.89. The average Bonchev–Trinajstić information content (AvgIpc) is 3.40. The van der Waals surface area contributed by atoms with Crippen molar-refractivity contribution >= 4 is 39.1 Å². The van der Waals surface area contributed by atoms with Gasteiger partial charge in [0.15, 0.2) is 0 Å². The van der Waals surface area contributed by atoms with Crippen LogP contribution in [0.2, 0.25) is 10.0 Å². The molecule has 138 valence electrons. The van der Waals surface area contributed by atoms with Crippen LogP contribution < -0.4 is 10.0 Å². The molecule has 1 amide bonds. The fourth-order valence-electron chi connectivity index (χ4n) is 2.42. The van der Waals surface area contributed by atoms with Gasteiger partial charge in [0.05, 0.1) is 21.0 Å². The minimum Gasteiger partial charge on any atom is -0.346 e. The van der Waals surface area contributed by atoms with Crippen LogP contribution in [0.5, 0.6) is 0 Å². The van der Waals surface area contributed by atoms with Crippen molar-refractivity contribution in [2.24, 2.45) is 0 Å². The summed E-state index contributed by atoms with van der Waals surface area (Å²) >= 11 is 11.9. The van der Waals surface area contributed by atoms with Crippen molar-refractivity contribution in [3.8, 4) is 0 Å². The van der Waals surface area contributed by atoms with Gasteiger partial charge in [-0.2, -0.15) is 0 Å². The number of sulfonamides is 1. The molecule has 0 aromatic heterocycles. The molecule has 26 heavy (non-hydrogen) atoms. The predicted octanol–water partition coefficient (Wildman–Crippen LogP) is 3.93. The van der Waals surface area contributed by atoms with E-state index in [0.29, 0.717) is 15.6 Å². The molecule has 0 aliphatic heterocycles. The Labute approximate surface area is 162 Å². The van der Waals surface area contributed by atoms with E-state index in [2.05, 4.69) is 10.0 Å². The molecule has 1 unspecified atom stereocenters. The van der Waals surface area contributed by atoms with Crippen molar-refractivity contribution in [2.45, 2.75) is 36.7 Å². The zero-order valence-electron chi connectivity index (χ0n) is 14.0. The molecule has 0 bridgehead atoms. The third-order valence-electron chi connectivity index (χ3n) is 4.12. The molecule has 1 aliphatic carbocycles. The van der Waals surface area contributed by atoms with Gasteiger partial charge >= 0.3 is 0 Å². The van der Waals surface area contributed by atoms with E-state index >= 15 is 0 Å². The molecular weight excluding hydrogens is 395 g/mol. The lowest BCUT2D eigenvalue weighted by atomic mass is 10.1. The Balaban J connectivity index is 1.68. The topological polar surface area (TPSA) is 75.3 Å². The van der Waals surface area contributed by atoms with Gasteiger partial charge in [-0.1, -0.05) is 29.3 Å². The van der Waals surface area contributed by atoms with Gasteiger partial charge in [-0.15, -0.1) is 0 Å². The molecular formula is C18H18Cl2N2O3S. The average molecular weight is 413 g/mol. The number of rotatable bonds is 6. The first-order chi connectivity index (χ1) is 12.3. The standard InChI is InChI=1S/C18H18Cl2N2O3S/c1-11(13-4-9-16(19)17(20)10-13)21-18(23)12-2-7-15(8-3-12)26(24,25)22-14-5-6-14/h2-4,7-11,14,22H,5-6H2,1H3,(H,21,23). The first kappa shape index (κ1) is 19.2. The van der Waals surface area contributed by atoms with Gasteiger partial charge in [0.2, 0.25) is 10.0 Å². The van der Waals surface area contributed by atoms with E-state index in [-0.39, 0.29) is 22.9 Å². The summed E-state index contributed by atoms with van der Waals surface area (Å²) in [5, 5.41) is 3.72. The summed E-state index contributed by atoms with van der Waals surface area (Å²) in [6.07, 6.45) is 1.73. The Morgan fingerprint density at radius 2 is 1.73 bits per heavy atom. The van der Waals surface area contributed by atoms with E-state index < -0.39 is 10.0 Å².